The molecule has 182 valence electrons. The van der Waals surface area contributed by atoms with Crippen LogP contribution in [0.2, 0.25) is 0 Å². The number of nitrogens with zero attached hydrogens (tertiary/aromatic N) is 4. The molecule has 4 rings (SSSR count). The molecule has 0 saturated carbocycles. The van der Waals surface area contributed by atoms with Crippen molar-refractivity contribution in [3.8, 4) is 11.8 Å². The van der Waals surface area contributed by atoms with E-state index in [1.54, 1.807) is 50.4 Å². The lowest BCUT2D eigenvalue weighted by Crippen LogP contribution is -2.44. The maximum atomic E-state index is 13.5. The third-order valence-corrected chi connectivity index (χ3v) is 6.14. The van der Waals surface area contributed by atoms with Gasteiger partial charge in [0.2, 0.25) is 11.9 Å². The molecule has 9 nitrogen and oxygen atoms in total. The molecule has 2 aromatic heterocycles. The summed E-state index contributed by atoms with van der Waals surface area (Å²) in [5.41, 5.74) is 7.63. The van der Waals surface area contributed by atoms with E-state index in [1.807, 2.05) is 4.57 Å². The Kier molecular flexibility index (Phi) is 7.32. The van der Waals surface area contributed by atoms with Crippen LogP contribution in [0.1, 0.15) is 43.5 Å². The van der Waals surface area contributed by atoms with Crippen molar-refractivity contribution in [2.24, 2.45) is 5.73 Å². The van der Waals surface area contributed by atoms with Gasteiger partial charge in [-0.1, -0.05) is 25.0 Å². The lowest BCUT2D eigenvalue weighted by atomic mass is 10.1. The highest BCUT2D eigenvalue weighted by molar-refractivity contribution is 6.04. The van der Waals surface area contributed by atoms with Crippen LogP contribution < -0.4 is 21.5 Å². The van der Waals surface area contributed by atoms with Crippen LogP contribution in [0.3, 0.4) is 0 Å². The first kappa shape index (κ1) is 24.2. The van der Waals surface area contributed by atoms with Crippen LogP contribution in [0.4, 0.5) is 11.6 Å². The number of nitrogens with two attached hydrogens (primary N) is 1. The summed E-state index contributed by atoms with van der Waals surface area (Å²) in [6.45, 7) is 5.11. The Balaban J connectivity index is 1.72. The molecular formula is C26H30N6O3. The number of para-hydroxylation sites is 1. The Labute approximate surface area is 203 Å². The molecule has 35 heavy (non-hydrogen) atoms. The molecule has 9 heteroatoms. The predicted molar refractivity (Wildman–Crippen MR) is 137 cm³/mol. The van der Waals surface area contributed by atoms with Gasteiger partial charge in [-0.15, -0.1) is 5.92 Å². The van der Waals surface area contributed by atoms with E-state index in [9.17, 15) is 14.4 Å². The zero-order valence-electron chi connectivity index (χ0n) is 20.1. The van der Waals surface area contributed by atoms with E-state index in [4.69, 9.17) is 10.7 Å². The average Bonchev–Trinajstić information content (AvgIpc) is 3.24. The summed E-state index contributed by atoms with van der Waals surface area (Å²) >= 11 is 0. The predicted octanol–water partition coefficient (Wildman–Crippen LogP) is 2.38. The first-order chi connectivity index (χ1) is 16.9. The van der Waals surface area contributed by atoms with E-state index in [0.29, 0.717) is 47.7 Å². The van der Waals surface area contributed by atoms with Crippen molar-refractivity contribution < 1.29 is 9.59 Å². The highest BCUT2D eigenvalue weighted by Crippen LogP contribution is 2.23. The number of carbonyl (C=O) groups is 2. The summed E-state index contributed by atoms with van der Waals surface area (Å²) in [7, 11) is 0. The normalized spacial score (nSPS) is 15.5. The third kappa shape index (κ3) is 5.12. The van der Waals surface area contributed by atoms with Crippen molar-refractivity contribution >= 4 is 34.4 Å². The number of aromatic nitrogens is 3. The van der Waals surface area contributed by atoms with E-state index in [1.165, 1.54) is 4.57 Å². The molecule has 0 radical (unpaired) electrons. The second-order valence-corrected chi connectivity index (χ2v) is 8.63. The molecule has 1 aliphatic heterocycles. The number of Topliss-reactive ketones (excluding diaryl/α,β-unsaturated/α-hetero) is 1. The van der Waals surface area contributed by atoms with Gasteiger partial charge in [0.1, 0.15) is 5.52 Å². The zero-order chi connectivity index (χ0) is 24.9. The van der Waals surface area contributed by atoms with Gasteiger partial charge in [-0.3, -0.25) is 19.0 Å². The molecule has 1 aromatic carbocycles. The Hall–Kier alpha value is -3.90. The van der Waals surface area contributed by atoms with E-state index < -0.39 is 0 Å². The first-order valence-corrected chi connectivity index (χ1v) is 11.8. The van der Waals surface area contributed by atoms with Gasteiger partial charge in [-0.25, -0.2) is 4.98 Å². The number of piperidine rings is 1. The summed E-state index contributed by atoms with van der Waals surface area (Å²) in [4.78, 5) is 45.4. The fourth-order valence-electron chi connectivity index (χ4n) is 4.34. The number of benzene rings is 1. The van der Waals surface area contributed by atoms with Gasteiger partial charge in [-0.05, 0) is 38.0 Å². The van der Waals surface area contributed by atoms with Crippen molar-refractivity contribution in [2.45, 2.75) is 52.2 Å². The quantitative estimate of drug-likeness (QED) is 0.401. The summed E-state index contributed by atoms with van der Waals surface area (Å²) < 4.78 is 3.20. The number of rotatable bonds is 7. The third-order valence-electron chi connectivity index (χ3n) is 6.14. The van der Waals surface area contributed by atoms with Crippen LogP contribution in [-0.2, 0) is 17.9 Å². The van der Waals surface area contributed by atoms with Crippen molar-refractivity contribution in [3.63, 3.8) is 0 Å². The number of hydrogen-bond donors (Lipinski definition) is 2. The molecule has 3 aromatic rings. The minimum Gasteiger partial charge on any atom is -0.341 e. The Bertz CT molecular complexity index is 1380. The maximum absolute atomic E-state index is 13.5. The highest BCUT2D eigenvalue weighted by atomic mass is 16.2. The van der Waals surface area contributed by atoms with Crippen LogP contribution in [0.5, 0.6) is 0 Å². The molecular weight excluding hydrogens is 444 g/mol. The number of anilines is 2. The van der Waals surface area contributed by atoms with E-state index >= 15 is 0 Å². The van der Waals surface area contributed by atoms with Crippen LogP contribution in [0, 0.1) is 11.8 Å². The van der Waals surface area contributed by atoms with Crippen LogP contribution in [0.25, 0.3) is 11.0 Å². The lowest BCUT2D eigenvalue weighted by Gasteiger charge is -2.31. The van der Waals surface area contributed by atoms with E-state index in [2.05, 4.69) is 22.1 Å². The smallest absolute Gasteiger partial charge is 0.277 e. The Morgan fingerprint density at radius 2 is 2.06 bits per heavy atom. The number of hydrogen-bond acceptors (Lipinski definition) is 6. The summed E-state index contributed by atoms with van der Waals surface area (Å²) in [6.07, 6.45) is 3.80. The van der Waals surface area contributed by atoms with Crippen molar-refractivity contribution in [1.82, 2.24) is 14.1 Å². The second kappa shape index (κ2) is 10.6. The number of carbonyl (C=O) groups excluding carboxylic acids is 2. The van der Waals surface area contributed by atoms with Gasteiger partial charge in [0.15, 0.2) is 5.78 Å². The molecule has 0 spiro atoms. The summed E-state index contributed by atoms with van der Waals surface area (Å²) in [5, 5.41) is 2.75. The summed E-state index contributed by atoms with van der Waals surface area (Å²) in [5.74, 6) is 6.13. The average molecular weight is 475 g/mol. The molecule has 3 N–H and O–H groups in total. The zero-order valence-corrected chi connectivity index (χ0v) is 20.1. The van der Waals surface area contributed by atoms with Gasteiger partial charge in [0.05, 0.1) is 24.3 Å². The number of nitrogens with one attached hydrogen (secondary N) is 1. The standard InChI is InChI=1S/C26H30N6O3/c1-3-5-14-32-24-21(29-26(32)31-13-8-9-18(27)16-31)12-15-30(25(24)35)17-22(33)19-10-6-7-11-20(19)28-23(34)4-2/h6-7,10-12,15,18H,4,8-9,13-14,16-17,27H2,1-2H3,(H,28,34). The van der Waals surface area contributed by atoms with Crippen LogP contribution in [0.15, 0.2) is 41.3 Å². The van der Waals surface area contributed by atoms with Crippen molar-refractivity contribution in [2.75, 3.05) is 23.3 Å². The van der Waals surface area contributed by atoms with Gasteiger partial charge < -0.3 is 20.5 Å². The van der Waals surface area contributed by atoms with Crippen LogP contribution in [-0.4, -0.2) is 44.9 Å². The van der Waals surface area contributed by atoms with Gasteiger partial charge in [0, 0.05) is 37.3 Å². The van der Waals surface area contributed by atoms with Gasteiger partial charge in [-0.2, -0.15) is 0 Å². The van der Waals surface area contributed by atoms with Gasteiger partial charge in [0.25, 0.3) is 5.56 Å². The molecule has 0 bridgehead atoms. The molecule has 1 aliphatic rings. The first-order valence-electron chi connectivity index (χ1n) is 11.8. The molecule has 3 heterocycles. The Morgan fingerprint density at radius 3 is 2.80 bits per heavy atom. The fraction of sp³-hybridized carbons (Fsp3) is 0.385. The second-order valence-electron chi connectivity index (χ2n) is 8.63. The summed E-state index contributed by atoms with van der Waals surface area (Å²) in [6, 6.07) is 8.61. The van der Waals surface area contributed by atoms with Crippen molar-refractivity contribution in [3.05, 3.63) is 52.4 Å². The van der Waals surface area contributed by atoms with Crippen LogP contribution >= 0.6 is 0 Å². The van der Waals surface area contributed by atoms with E-state index in [-0.39, 0.29) is 29.8 Å². The Morgan fingerprint density at radius 1 is 1.26 bits per heavy atom. The number of fused-ring (bicyclic) bond motifs is 1. The molecule has 1 amide bonds. The molecule has 1 unspecified atom stereocenters. The topological polar surface area (TPSA) is 115 Å². The van der Waals surface area contributed by atoms with Gasteiger partial charge >= 0.3 is 0 Å². The number of imidazole rings is 1. The lowest BCUT2D eigenvalue weighted by molar-refractivity contribution is -0.115. The van der Waals surface area contributed by atoms with Crippen molar-refractivity contribution in [1.29, 1.82) is 0 Å². The largest absolute Gasteiger partial charge is 0.341 e. The molecule has 1 saturated heterocycles. The molecule has 0 aliphatic carbocycles. The molecule has 1 fully saturated rings. The number of ketones is 1. The minimum atomic E-state index is -0.316. The fourth-order valence-corrected chi connectivity index (χ4v) is 4.34. The number of pyridine rings is 1. The number of amides is 1. The molecule has 1 atom stereocenters. The highest BCUT2D eigenvalue weighted by Gasteiger charge is 2.24. The SMILES string of the molecule is CC#CCn1c(N2CCCC(N)C2)nc2ccn(CC(=O)c3ccccc3NC(=O)CC)c(=O)c21. The minimum absolute atomic E-state index is 0.0526. The maximum Gasteiger partial charge on any atom is 0.277 e. The van der Waals surface area contributed by atoms with E-state index in [0.717, 1.165) is 19.4 Å². The monoisotopic (exact) mass is 474 g/mol.